The molecule has 0 aliphatic rings. The van der Waals surface area contributed by atoms with Crippen molar-refractivity contribution in [1.82, 2.24) is 29.9 Å². The molecular formula is C72H49ClN6O4Ru. The smallest absolute Gasteiger partial charge is 0.0970 e. The summed E-state index contributed by atoms with van der Waals surface area (Å²) in [6.07, 6.45) is 11.3. The number of benzene rings is 9. The maximum atomic E-state index is 8.60. The van der Waals surface area contributed by atoms with Crippen LogP contribution in [0.2, 0.25) is 0 Å². The molecule has 0 saturated heterocycles. The fourth-order valence-corrected chi connectivity index (χ4v) is 10.7. The average molecular weight is 1200 g/mol. The Kier molecular flexibility index (Phi) is 17.1. The van der Waals surface area contributed by atoms with E-state index in [9.17, 15) is 0 Å². The van der Waals surface area contributed by atoms with Gasteiger partial charge in [0.05, 0.1) is 48.0 Å². The van der Waals surface area contributed by atoms with E-state index in [2.05, 4.69) is 248 Å². The van der Waals surface area contributed by atoms with E-state index in [1.165, 1.54) is 66.8 Å². The van der Waals surface area contributed by atoms with Crippen molar-refractivity contribution in [3.05, 3.63) is 292 Å². The van der Waals surface area contributed by atoms with Gasteiger partial charge in [0, 0.05) is 89.0 Å². The van der Waals surface area contributed by atoms with Crippen molar-refractivity contribution in [2.75, 3.05) is 0 Å². The molecule has 0 aliphatic heterocycles. The summed E-state index contributed by atoms with van der Waals surface area (Å²) in [6.45, 7) is 0. The van der Waals surface area contributed by atoms with Gasteiger partial charge in [0.15, 0.2) is 0 Å². The molecule has 6 aromatic heterocycles. The van der Waals surface area contributed by atoms with Crippen LogP contribution in [-0.4, -0.2) is 34.6 Å². The van der Waals surface area contributed by atoms with Crippen LogP contribution in [0.5, 0.6) is 0 Å². The first-order valence-corrected chi connectivity index (χ1v) is 28.0. The van der Waals surface area contributed by atoms with Crippen molar-refractivity contribution in [2.24, 2.45) is 0 Å². The van der Waals surface area contributed by atoms with Crippen LogP contribution in [0.15, 0.2) is 292 Å². The molecule has 12 heteroatoms. The molecule has 0 amide bonds. The number of hydrogen-bond acceptors (Lipinski definition) is 10. The monoisotopic (exact) mass is 1200 g/mol. The van der Waals surface area contributed by atoms with E-state index in [-0.39, 0.29) is 19.5 Å². The first kappa shape index (κ1) is 56.1. The molecular weight excluding hydrogens is 1150 g/mol. The van der Waals surface area contributed by atoms with Gasteiger partial charge in [-0.2, -0.15) is 14.0 Å². The molecule has 0 fully saturated rings. The van der Waals surface area contributed by atoms with Crippen LogP contribution in [0.3, 0.4) is 0 Å². The van der Waals surface area contributed by atoms with Crippen molar-refractivity contribution in [3.63, 3.8) is 0 Å². The molecule has 0 aliphatic carbocycles. The van der Waals surface area contributed by atoms with Crippen molar-refractivity contribution >= 4 is 65.4 Å². The second kappa shape index (κ2) is 25.5. The number of pyridine rings is 6. The van der Waals surface area contributed by atoms with Gasteiger partial charge in [0.2, 0.25) is 0 Å². The minimum atomic E-state index is -4.69. The molecule has 0 unspecified atom stereocenters. The van der Waals surface area contributed by atoms with Crippen LogP contribution in [0.25, 0.3) is 132 Å². The van der Waals surface area contributed by atoms with Crippen LogP contribution in [0, 0.1) is 10.2 Å². The number of fused-ring (bicyclic) bond motifs is 9. The zero-order chi connectivity index (χ0) is 56.5. The summed E-state index contributed by atoms with van der Waals surface area (Å²) in [7, 11) is -4.69. The molecule has 0 atom stereocenters. The van der Waals surface area contributed by atoms with E-state index in [1.807, 2.05) is 73.6 Å². The summed E-state index contributed by atoms with van der Waals surface area (Å²) in [4.78, 5) is 28.0. The zero-order valence-electron chi connectivity index (χ0n) is 44.8. The number of aromatic nitrogens is 6. The van der Waals surface area contributed by atoms with Gasteiger partial charge >= 0.3 is 0 Å². The van der Waals surface area contributed by atoms with Gasteiger partial charge in [0.25, 0.3) is 0 Å². The Labute approximate surface area is 499 Å². The largest absolute Gasteiger partial charge is 0.254 e. The first-order chi connectivity index (χ1) is 40.7. The van der Waals surface area contributed by atoms with Crippen LogP contribution in [-0.2, 0) is 19.5 Å². The van der Waals surface area contributed by atoms with E-state index in [0.29, 0.717) is 0 Å². The van der Waals surface area contributed by atoms with Crippen LogP contribution in [0.1, 0.15) is 0 Å². The Morgan fingerprint density at radius 2 is 0.345 bits per heavy atom. The van der Waals surface area contributed by atoms with E-state index in [4.69, 9.17) is 18.6 Å². The molecule has 84 heavy (non-hydrogen) atoms. The van der Waals surface area contributed by atoms with Crippen LogP contribution >= 0.6 is 0 Å². The average Bonchev–Trinajstić information content (AvgIpc) is 2.32. The van der Waals surface area contributed by atoms with E-state index in [1.54, 1.807) is 0 Å². The number of nitrogens with zero attached hydrogens (tertiary/aromatic N) is 6. The van der Waals surface area contributed by atoms with Gasteiger partial charge < -0.3 is 0 Å². The maximum Gasteiger partial charge on any atom is 0.0970 e. The molecule has 0 saturated carbocycles. The van der Waals surface area contributed by atoms with Gasteiger partial charge in [-0.25, -0.2) is 0 Å². The fourth-order valence-electron chi connectivity index (χ4n) is 10.7. The molecule has 1 N–H and O–H groups in total. The minimum Gasteiger partial charge on any atom is -0.254 e. The van der Waals surface area contributed by atoms with Gasteiger partial charge in [-0.05, 0) is 103 Å². The Bertz CT molecular complexity index is 3950. The number of halogens is 1. The third-order valence-electron chi connectivity index (χ3n) is 14.4. The van der Waals surface area contributed by atoms with E-state index >= 15 is 0 Å². The molecule has 0 bridgehead atoms. The SMILES string of the molecule is [O-][Cl+3]([O-])([O-])O.[Ru].c1ccc(-c2ccnc3c2ccc2c(-c4ccccc4)ccnc23)cc1.c1ccc(-c2ccnc3c2ccc2c(-c4ccccc4)ccnc23)cc1.c1ccc(-c2ccnc3c2ccc2c(-c4ccccc4)ccnc23)cc1. The summed E-state index contributed by atoms with van der Waals surface area (Å²) in [5, 5.41) is 6.77. The summed E-state index contributed by atoms with van der Waals surface area (Å²) >= 11 is 0. The van der Waals surface area contributed by atoms with Gasteiger partial charge in [-0.1, -0.05) is 218 Å². The van der Waals surface area contributed by atoms with E-state index < -0.39 is 10.2 Å². The van der Waals surface area contributed by atoms with E-state index in [0.717, 1.165) is 65.4 Å². The second-order valence-corrected chi connectivity index (χ2v) is 20.1. The van der Waals surface area contributed by atoms with Crippen LogP contribution in [0.4, 0.5) is 0 Å². The normalized spacial score (nSPS) is 11.0. The number of rotatable bonds is 6. The zero-order valence-corrected chi connectivity index (χ0v) is 47.3. The van der Waals surface area contributed by atoms with Crippen molar-refractivity contribution in [3.8, 4) is 66.8 Å². The second-order valence-electron chi connectivity index (χ2n) is 19.3. The van der Waals surface area contributed by atoms with Gasteiger partial charge in [-0.15, -0.1) is 0 Å². The molecule has 15 aromatic rings. The summed E-state index contributed by atoms with van der Waals surface area (Å²) < 4.78 is 32.7. The third-order valence-corrected chi connectivity index (χ3v) is 14.4. The van der Waals surface area contributed by atoms with Gasteiger partial charge in [0.1, 0.15) is 0 Å². The van der Waals surface area contributed by atoms with Gasteiger partial charge in [-0.3, -0.25) is 29.9 Å². The summed E-state index contributed by atoms with van der Waals surface area (Å²) in [6, 6.07) is 88.0. The topological polar surface area (TPSA) is 167 Å². The molecule has 15 rings (SSSR count). The minimum absolute atomic E-state index is 0. The molecule has 0 radical (unpaired) electrons. The molecule has 10 nitrogen and oxygen atoms in total. The number of hydrogen-bond donors (Lipinski definition) is 1. The first-order valence-electron chi connectivity index (χ1n) is 26.7. The maximum absolute atomic E-state index is 8.60. The Morgan fingerprint density at radius 1 is 0.214 bits per heavy atom. The Morgan fingerprint density at radius 3 is 0.476 bits per heavy atom. The Balaban J connectivity index is 0.000000126. The summed E-state index contributed by atoms with van der Waals surface area (Å²) in [5.74, 6) is 0. The van der Waals surface area contributed by atoms with Crippen molar-refractivity contribution < 1.29 is 48.4 Å². The fraction of sp³-hybridized carbons (Fsp3) is 0. The Hall–Kier alpha value is -9.81. The molecule has 406 valence electrons. The van der Waals surface area contributed by atoms with Crippen molar-refractivity contribution in [2.45, 2.75) is 0 Å². The standard InChI is InChI=1S/3C24H16N2.ClHO4.Ru/c3*1-3-7-17(8-4-1)19-13-15-25-23-21(19)11-12-22-20(14-16-26-24(22)23)18-9-5-2-6-10-18;2-1(3,4)5;/h3*1-16H;(H,2,3,4,5);. The predicted molar refractivity (Wildman–Crippen MR) is 326 cm³/mol. The quantitative estimate of drug-likeness (QED) is 0.125. The third kappa shape index (κ3) is 12.2. The summed E-state index contributed by atoms with van der Waals surface area (Å²) in [5.41, 5.74) is 19.9. The molecule has 9 aromatic carbocycles. The predicted octanol–water partition coefficient (Wildman–Crippen LogP) is 14.2. The van der Waals surface area contributed by atoms with Crippen molar-refractivity contribution in [1.29, 1.82) is 0 Å². The molecule has 6 heterocycles. The van der Waals surface area contributed by atoms with Crippen LogP contribution < -0.4 is 14.0 Å². The molecule has 0 spiro atoms.